The van der Waals surface area contributed by atoms with Crippen LogP contribution >= 0.6 is 0 Å². The normalized spacial score (nSPS) is 15.4. The Bertz CT molecular complexity index is 1200. The number of fused-ring (bicyclic) bond motifs is 1. The standard InChI is InChI=1S/C26H27N5O2/c32-26(27-24(21-6-2-1-3-7-21)19-30-14-16-33-17-15-30)22-12-10-20(11-13-22)18-31-25-9-5-4-8-23(25)28-29-31/h1-13,24H,14-19H2,(H,27,32). The molecule has 7 nitrogen and oxygen atoms in total. The lowest BCUT2D eigenvalue weighted by molar-refractivity contribution is 0.0332. The van der Waals surface area contributed by atoms with Crippen molar-refractivity contribution in [2.45, 2.75) is 12.6 Å². The van der Waals surface area contributed by atoms with Gasteiger partial charge in [0, 0.05) is 25.2 Å². The molecule has 2 heterocycles. The van der Waals surface area contributed by atoms with Crippen LogP contribution in [0.2, 0.25) is 0 Å². The summed E-state index contributed by atoms with van der Waals surface area (Å²) in [5.41, 5.74) is 4.68. The average molecular weight is 442 g/mol. The first-order valence-electron chi connectivity index (χ1n) is 11.3. The highest BCUT2D eigenvalue weighted by Gasteiger charge is 2.20. The van der Waals surface area contributed by atoms with Crippen molar-refractivity contribution in [3.05, 3.63) is 95.6 Å². The highest BCUT2D eigenvalue weighted by atomic mass is 16.5. The van der Waals surface area contributed by atoms with Gasteiger partial charge in [0.1, 0.15) is 5.52 Å². The number of carbonyl (C=O) groups is 1. The van der Waals surface area contributed by atoms with Crippen molar-refractivity contribution in [1.82, 2.24) is 25.2 Å². The molecule has 1 amide bonds. The summed E-state index contributed by atoms with van der Waals surface area (Å²) in [6.07, 6.45) is 0. The van der Waals surface area contributed by atoms with E-state index in [1.165, 1.54) is 0 Å². The topological polar surface area (TPSA) is 72.3 Å². The average Bonchev–Trinajstić information content (AvgIpc) is 3.28. The minimum absolute atomic E-state index is 0.0742. The van der Waals surface area contributed by atoms with Gasteiger partial charge in [-0.2, -0.15) is 0 Å². The number of aromatic nitrogens is 3. The predicted octanol–water partition coefficient (Wildman–Crippen LogP) is 3.28. The van der Waals surface area contributed by atoms with E-state index in [2.05, 4.69) is 32.7 Å². The molecule has 168 valence electrons. The van der Waals surface area contributed by atoms with E-state index in [-0.39, 0.29) is 11.9 Å². The summed E-state index contributed by atoms with van der Waals surface area (Å²) in [6.45, 7) is 4.59. The number of benzene rings is 3. The first kappa shape index (κ1) is 21.3. The molecule has 0 bridgehead atoms. The van der Waals surface area contributed by atoms with Crippen molar-refractivity contribution < 1.29 is 9.53 Å². The van der Waals surface area contributed by atoms with Gasteiger partial charge in [0.15, 0.2) is 0 Å². The third kappa shape index (κ3) is 5.10. The lowest BCUT2D eigenvalue weighted by atomic mass is 10.0. The smallest absolute Gasteiger partial charge is 0.251 e. The molecule has 1 aromatic heterocycles. The largest absolute Gasteiger partial charge is 0.379 e. The number of morpholine rings is 1. The van der Waals surface area contributed by atoms with E-state index in [4.69, 9.17) is 4.74 Å². The second-order valence-electron chi connectivity index (χ2n) is 8.28. The summed E-state index contributed by atoms with van der Waals surface area (Å²) in [6, 6.07) is 25.7. The maximum Gasteiger partial charge on any atom is 0.251 e. The number of hydrogen-bond donors (Lipinski definition) is 1. The van der Waals surface area contributed by atoms with Gasteiger partial charge in [-0.1, -0.05) is 59.8 Å². The van der Waals surface area contributed by atoms with Crippen LogP contribution in [0.3, 0.4) is 0 Å². The van der Waals surface area contributed by atoms with E-state index in [1.807, 2.05) is 71.4 Å². The molecule has 5 rings (SSSR count). The van der Waals surface area contributed by atoms with Gasteiger partial charge in [0.2, 0.25) is 0 Å². The Morgan fingerprint density at radius 1 is 0.939 bits per heavy atom. The molecular formula is C26H27N5O2. The van der Waals surface area contributed by atoms with Crippen molar-refractivity contribution >= 4 is 16.9 Å². The molecule has 7 heteroatoms. The summed E-state index contributed by atoms with van der Waals surface area (Å²) in [5.74, 6) is -0.0742. The fourth-order valence-electron chi connectivity index (χ4n) is 4.17. The second kappa shape index (κ2) is 9.94. The Morgan fingerprint density at radius 3 is 2.45 bits per heavy atom. The molecule has 0 saturated carbocycles. The third-order valence-electron chi connectivity index (χ3n) is 6.02. The van der Waals surface area contributed by atoms with Crippen molar-refractivity contribution in [3.63, 3.8) is 0 Å². The maximum atomic E-state index is 13.1. The van der Waals surface area contributed by atoms with Gasteiger partial charge in [0.05, 0.1) is 31.3 Å². The molecule has 0 spiro atoms. The summed E-state index contributed by atoms with van der Waals surface area (Å²) < 4.78 is 7.34. The lowest BCUT2D eigenvalue weighted by Gasteiger charge is -2.31. The zero-order valence-corrected chi connectivity index (χ0v) is 18.4. The number of nitrogens with zero attached hydrogens (tertiary/aromatic N) is 4. The minimum atomic E-state index is -0.0852. The van der Waals surface area contributed by atoms with Crippen LogP contribution < -0.4 is 5.32 Å². The van der Waals surface area contributed by atoms with Gasteiger partial charge in [-0.25, -0.2) is 4.68 Å². The van der Waals surface area contributed by atoms with Crippen LogP contribution in [0.25, 0.3) is 11.0 Å². The van der Waals surface area contributed by atoms with Crippen LogP contribution in [0.5, 0.6) is 0 Å². The monoisotopic (exact) mass is 441 g/mol. The van der Waals surface area contributed by atoms with Crippen LogP contribution in [-0.4, -0.2) is 58.6 Å². The Kier molecular flexibility index (Phi) is 6.41. The molecule has 1 saturated heterocycles. The molecule has 1 aliphatic rings. The summed E-state index contributed by atoms with van der Waals surface area (Å²) in [5, 5.41) is 11.7. The molecule has 4 aromatic rings. The maximum absolute atomic E-state index is 13.1. The van der Waals surface area contributed by atoms with Gasteiger partial charge in [-0.3, -0.25) is 9.69 Å². The van der Waals surface area contributed by atoms with E-state index in [9.17, 15) is 4.79 Å². The summed E-state index contributed by atoms with van der Waals surface area (Å²) >= 11 is 0. The third-order valence-corrected chi connectivity index (χ3v) is 6.02. The Hall–Kier alpha value is -3.55. The van der Waals surface area contributed by atoms with E-state index in [0.29, 0.717) is 12.1 Å². The number of amides is 1. The van der Waals surface area contributed by atoms with Gasteiger partial charge in [0.25, 0.3) is 5.91 Å². The molecule has 1 atom stereocenters. The van der Waals surface area contributed by atoms with Gasteiger partial charge in [-0.05, 0) is 35.4 Å². The van der Waals surface area contributed by atoms with E-state index in [1.54, 1.807) is 0 Å². The Labute approximate surface area is 193 Å². The quantitative estimate of drug-likeness (QED) is 0.477. The van der Waals surface area contributed by atoms with Crippen molar-refractivity contribution in [3.8, 4) is 0 Å². The Balaban J connectivity index is 1.28. The SMILES string of the molecule is O=C(NC(CN1CCOCC1)c1ccccc1)c1ccc(Cn2nnc3ccccc32)cc1. The van der Waals surface area contributed by atoms with Crippen LogP contribution in [0.15, 0.2) is 78.9 Å². The first-order valence-corrected chi connectivity index (χ1v) is 11.3. The number of rotatable bonds is 7. The fourth-order valence-corrected chi connectivity index (χ4v) is 4.17. The van der Waals surface area contributed by atoms with Crippen LogP contribution in [-0.2, 0) is 11.3 Å². The summed E-state index contributed by atoms with van der Waals surface area (Å²) in [7, 11) is 0. The van der Waals surface area contributed by atoms with Gasteiger partial charge < -0.3 is 10.1 Å². The van der Waals surface area contributed by atoms with Crippen LogP contribution in [0.1, 0.15) is 27.5 Å². The predicted molar refractivity (Wildman–Crippen MR) is 127 cm³/mol. The van der Waals surface area contributed by atoms with E-state index >= 15 is 0 Å². The molecular weight excluding hydrogens is 414 g/mol. The second-order valence-corrected chi connectivity index (χ2v) is 8.28. The number of hydrogen-bond acceptors (Lipinski definition) is 5. The lowest BCUT2D eigenvalue weighted by Crippen LogP contribution is -2.43. The zero-order chi connectivity index (χ0) is 22.5. The first-order chi connectivity index (χ1) is 16.3. The number of nitrogens with one attached hydrogen (secondary N) is 1. The molecule has 0 radical (unpaired) electrons. The Morgan fingerprint density at radius 2 is 1.67 bits per heavy atom. The number of ether oxygens (including phenoxy) is 1. The van der Waals surface area contributed by atoms with Crippen LogP contribution in [0, 0.1) is 0 Å². The number of carbonyl (C=O) groups excluding carboxylic acids is 1. The zero-order valence-electron chi connectivity index (χ0n) is 18.4. The highest BCUT2D eigenvalue weighted by Crippen LogP contribution is 2.17. The molecule has 1 fully saturated rings. The van der Waals surface area contributed by atoms with Gasteiger partial charge >= 0.3 is 0 Å². The fraction of sp³-hybridized carbons (Fsp3) is 0.269. The van der Waals surface area contributed by atoms with E-state index < -0.39 is 0 Å². The van der Waals surface area contributed by atoms with Crippen molar-refractivity contribution in [2.24, 2.45) is 0 Å². The molecule has 1 N–H and O–H groups in total. The highest BCUT2D eigenvalue weighted by molar-refractivity contribution is 5.94. The molecule has 0 aliphatic carbocycles. The molecule has 1 unspecified atom stereocenters. The van der Waals surface area contributed by atoms with Crippen LogP contribution in [0.4, 0.5) is 0 Å². The van der Waals surface area contributed by atoms with Gasteiger partial charge in [-0.15, -0.1) is 5.10 Å². The molecule has 1 aliphatic heterocycles. The molecule has 33 heavy (non-hydrogen) atoms. The minimum Gasteiger partial charge on any atom is -0.379 e. The molecule has 3 aromatic carbocycles. The van der Waals surface area contributed by atoms with Crippen molar-refractivity contribution in [1.29, 1.82) is 0 Å². The number of para-hydroxylation sites is 1. The summed E-state index contributed by atoms with van der Waals surface area (Å²) in [4.78, 5) is 15.4. The van der Waals surface area contributed by atoms with Crippen molar-refractivity contribution in [2.75, 3.05) is 32.8 Å². The van der Waals surface area contributed by atoms with E-state index in [0.717, 1.165) is 55.0 Å².